The highest BCUT2D eigenvalue weighted by atomic mass is 15.1. The van der Waals surface area contributed by atoms with Gasteiger partial charge in [0.15, 0.2) is 0 Å². The highest BCUT2D eigenvalue weighted by Crippen LogP contribution is 2.07. The van der Waals surface area contributed by atoms with Gasteiger partial charge in [-0.3, -0.25) is 0 Å². The van der Waals surface area contributed by atoms with Crippen molar-refractivity contribution in [3.63, 3.8) is 0 Å². The van der Waals surface area contributed by atoms with Crippen LogP contribution in [0.4, 0.5) is 0 Å². The van der Waals surface area contributed by atoms with Crippen LogP contribution in [0.1, 0.15) is 66.2 Å². The van der Waals surface area contributed by atoms with Crippen LogP contribution in [0, 0.1) is 5.92 Å². The maximum absolute atomic E-state index is 4.03. The first-order chi connectivity index (χ1) is 8.95. The van der Waals surface area contributed by atoms with Crippen LogP contribution in [0.25, 0.3) is 0 Å². The molecule has 0 bridgehead atoms. The van der Waals surface area contributed by atoms with E-state index in [1.54, 1.807) is 0 Å². The molecule has 0 aliphatic rings. The maximum Gasteiger partial charge on any atom is 0.0143 e. The zero-order valence-electron chi connectivity index (χ0n) is 14.0. The molecule has 0 saturated heterocycles. The molecule has 1 N–H and O–H groups in total. The Balaban J connectivity index is 3.22. The summed E-state index contributed by atoms with van der Waals surface area (Å²) in [7, 11) is 2.22. The Bertz CT molecular complexity index is 221. The van der Waals surface area contributed by atoms with Gasteiger partial charge >= 0.3 is 0 Å². The molecule has 0 spiro atoms. The summed E-state index contributed by atoms with van der Waals surface area (Å²) >= 11 is 0. The molecule has 0 saturated carbocycles. The number of rotatable bonds is 12. The zero-order chi connectivity index (χ0) is 14.7. The average molecular weight is 268 g/mol. The minimum atomic E-state index is 0.554. The van der Waals surface area contributed by atoms with Gasteiger partial charge in [-0.25, -0.2) is 0 Å². The monoisotopic (exact) mass is 268 g/mol. The minimum absolute atomic E-state index is 0.554. The van der Waals surface area contributed by atoms with Crippen molar-refractivity contribution in [1.29, 1.82) is 0 Å². The van der Waals surface area contributed by atoms with Gasteiger partial charge in [0.05, 0.1) is 0 Å². The average Bonchev–Trinajstić information content (AvgIpc) is 2.35. The van der Waals surface area contributed by atoms with Crippen molar-refractivity contribution in [3.8, 4) is 0 Å². The lowest BCUT2D eigenvalue weighted by Gasteiger charge is -2.20. The fourth-order valence-corrected chi connectivity index (χ4v) is 1.90. The largest absolute Gasteiger partial charge is 0.389 e. The normalized spacial score (nSPS) is 11.6. The molecule has 0 fully saturated rings. The molecule has 0 amide bonds. The van der Waals surface area contributed by atoms with E-state index >= 15 is 0 Å². The van der Waals surface area contributed by atoms with Gasteiger partial charge < -0.3 is 10.2 Å². The smallest absolute Gasteiger partial charge is 0.0143 e. The number of hydrogen-bond donors (Lipinski definition) is 1. The maximum atomic E-state index is 4.03. The second kappa shape index (κ2) is 11.3. The molecular formula is C17H36N2. The highest BCUT2D eigenvalue weighted by molar-refractivity contribution is 4.93. The van der Waals surface area contributed by atoms with Crippen molar-refractivity contribution in [1.82, 2.24) is 10.2 Å². The van der Waals surface area contributed by atoms with E-state index < -0.39 is 0 Å². The molecule has 0 radical (unpaired) electrons. The first-order valence-corrected chi connectivity index (χ1v) is 8.08. The Labute approximate surface area is 121 Å². The van der Waals surface area contributed by atoms with E-state index in [1.165, 1.54) is 50.8 Å². The lowest BCUT2D eigenvalue weighted by Crippen LogP contribution is -2.27. The Morgan fingerprint density at radius 3 is 2.00 bits per heavy atom. The Morgan fingerprint density at radius 2 is 1.47 bits per heavy atom. The minimum Gasteiger partial charge on any atom is -0.389 e. The van der Waals surface area contributed by atoms with Crippen molar-refractivity contribution in [2.24, 2.45) is 5.92 Å². The van der Waals surface area contributed by atoms with Gasteiger partial charge in [-0.15, -0.1) is 0 Å². The van der Waals surface area contributed by atoms with Gasteiger partial charge in [-0.05, 0) is 46.2 Å². The van der Waals surface area contributed by atoms with E-state index in [4.69, 9.17) is 0 Å². The topological polar surface area (TPSA) is 15.3 Å². The van der Waals surface area contributed by atoms with E-state index in [1.807, 2.05) is 0 Å². The molecule has 2 heteroatoms. The molecule has 0 aliphatic heterocycles. The summed E-state index contributed by atoms with van der Waals surface area (Å²) < 4.78 is 0. The molecule has 0 rings (SSSR count). The van der Waals surface area contributed by atoms with Gasteiger partial charge in [0, 0.05) is 18.3 Å². The van der Waals surface area contributed by atoms with Crippen molar-refractivity contribution in [3.05, 3.63) is 12.3 Å². The highest BCUT2D eigenvalue weighted by Gasteiger charge is 2.01. The summed E-state index contributed by atoms with van der Waals surface area (Å²) in [5.41, 5.74) is 1.18. The van der Waals surface area contributed by atoms with Gasteiger partial charge in [0.25, 0.3) is 0 Å². The predicted molar refractivity (Wildman–Crippen MR) is 87.4 cm³/mol. The zero-order valence-corrected chi connectivity index (χ0v) is 14.0. The standard InChI is InChI=1S/C17H36N2/c1-15(2)17(5)18-13-11-9-7-8-10-12-14-19(6)16(3)4/h15-16,18H,5,7-14H2,1-4,6H3. The van der Waals surface area contributed by atoms with Crippen LogP contribution in [-0.4, -0.2) is 31.1 Å². The molecule has 2 nitrogen and oxygen atoms in total. The predicted octanol–water partition coefficient (Wildman–Crippen LogP) is 4.43. The molecule has 19 heavy (non-hydrogen) atoms. The summed E-state index contributed by atoms with van der Waals surface area (Å²) in [6, 6.07) is 0.681. The lowest BCUT2D eigenvalue weighted by atomic mass is 10.1. The SMILES string of the molecule is C=C(NCCCCCCCCN(C)C(C)C)C(C)C. The third-order valence-corrected chi connectivity index (χ3v) is 3.87. The number of hydrogen-bond acceptors (Lipinski definition) is 2. The van der Waals surface area contributed by atoms with Crippen LogP contribution in [0.15, 0.2) is 12.3 Å². The molecular weight excluding hydrogens is 232 g/mol. The van der Waals surface area contributed by atoms with Crippen LogP contribution >= 0.6 is 0 Å². The molecule has 0 aromatic heterocycles. The van der Waals surface area contributed by atoms with Crippen molar-refractivity contribution in [2.45, 2.75) is 72.3 Å². The number of unbranched alkanes of at least 4 members (excludes halogenated alkanes) is 5. The summed E-state index contributed by atoms with van der Waals surface area (Å²) in [5, 5.41) is 3.41. The molecule has 0 unspecified atom stereocenters. The second-order valence-corrected chi connectivity index (χ2v) is 6.30. The van der Waals surface area contributed by atoms with E-state index in [-0.39, 0.29) is 0 Å². The molecule has 0 aromatic carbocycles. The van der Waals surface area contributed by atoms with E-state index in [0.717, 1.165) is 6.54 Å². The van der Waals surface area contributed by atoms with Crippen LogP contribution in [-0.2, 0) is 0 Å². The fourth-order valence-electron chi connectivity index (χ4n) is 1.90. The van der Waals surface area contributed by atoms with Crippen molar-refractivity contribution >= 4 is 0 Å². The van der Waals surface area contributed by atoms with Gasteiger partial charge in [-0.2, -0.15) is 0 Å². The third-order valence-electron chi connectivity index (χ3n) is 3.87. The Kier molecular flexibility index (Phi) is 11.0. The molecule has 0 heterocycles. The van der Waals surface area contributed by atoms with Crippen LogP contribution < -0.4 is 5.32 Å². The summed E-state index contributed by atoms with van der Waals surface area (Å²) in [6.45, 7) is 15.3. The summed E-state index contributed by atoms with van der Waals surface area (Å²) in [6.07, 6.45) is 8.11. The van der Waals surface area contributed by atoms with Crippen LogP contribution in [0.2, 0.25) is 0 Å². The van der Waals surface area contributed by atoms with Crippen molar-refractivity contribution in [2.75, 3.05) is 20.1 Å². The summed E-state index contributed by atoms with van der Waals surface area (Å²) in [4.78, 5) is 2.43. The Hall–Kier alpha value is -0.500. The fraction of sp³-hybridized carbons (Fsp3) is 0.882. The molecule has 0 aliphatic carbocycles. The number of allylic oxidation sites excluding steroid dienone is 1. The van der Waals surface area contributed by atoms with Gasteiger partial charge in [0.2, 0.25) is 0 Å². The van der Waals surface area contributed by atoms with Crippen molar-refractivity contribution < 1.29 is 0 Å². The van der Waals surface area contributed by atoms with Gasteiger partial charge in [-0.1, -0.05) is 46.1 Å². The molecule has 0 aromatic rings. The van der Waals surface area contributed by atoms with Crippen LogP contribution in [0.3, 0.4) is 0 Å². The lowest BCUT2D eigenvalue weighted by molar-refractivity contribution is 0.267. The second-order valence-electron chi connectivity index (χ2n) is 6.30. The van der Waals surface area contributed by atoms with E-state index in [0.29, 0.717) is 12.0 Å². The summed E-state index contributed by atoms with van der Waals surface area (Å²) in [5.74, 6) is 0.554. The van der Waals surface area contributed by atoms with Gasteiger partial charge in [0.1, 0.15) is 0 Å². The Morgan fingerprint density at radius 1 is 0.947 bits per heavy atom. The quantitative estimate of drug-likeness (QED) is 0.527. The number of nitrogens with zero attached hydrogens (tertiary/aromatic N) is 1. The number of nitrogens with one attached hydrogen (secondary N) is 1. The first kappa shape index (κ1) is 18.5. The molecule has 114 valence electrons. The van der Waals surface area contributed by atoms with Crippen LogP contribution in [0.5, 0.6) is 0 Å². The van der Waals surface area contributed by atoms with E-state index in [9.17, 15) is 0 Å². The third kappa shape index (κ3) is 11.1. The van der Waals surface area contributed by atoms with E-state index in [2.05, 4.69) is 51.5 Å². The first-order valence-electron chi connectivity index (χ1n) is 8.08. The molecule has 0 atom stereocenters.